The third-order valence-corrected chi connectivity index (χ3v) is 13.0. The number of aromatic nitrogens is 1. The van der Waals surface area contributed by atoms with Gasteiger partial charge in [0.1, 0.15) is 5.41 Å². The molecule has 0 saturated carbocycles. The van der Waals surface area contributed by atoms with Crippen LogP contribution in [-0.4, -0.2) is 90.2 Å². The number of ether oxygens (including phenoxy) is 1. The molecule has 8 nitrogen and oxygen atoms in total. The fraction of sp³-hybridized carbons (Fsp3) is 0.353. The van der Waals surface area contributed by atoms with E-state index in [0.29, 0.717) is 44.0 Å². The molecule has 2 aliphatic heterocycles. The van der Waals surface area contributed by atoms with Gasteiger partial charge in [0, 0.05) is 62.1 Å². The number of rotatable bonds is 8. The summed E-state index contributed by atoms with van der Waals surface area (Å²) in [5.74, 6) is 0.0829. The topological polar surface area (TPSA) is 86.2 Å². The number of halogens is 2. The van der Waals surface area contributed by atoms with Crippen LogP contribution in [0.5, 0.6) is 0 Å². The number of aliphatic hydroxyl groups is 1. The highest BCUT2D eigenvalue weighted by atomic mass is 35.5. The zero-order valence-corrected chi connectivity index (χ0v) is 37.0. The molecule has 1 aliphatic carbocycles. The SMILES string of the molecule is CCOC(=O)N1CCC(=C2c3ccc(Cl)cc3CCc3cccnc32)CC1.CN(C)C(=O)C(CCN1CCC(O)(c2ccc(Cl)cc2)CC1)(c1ccccc1)c1ccccc1. The Morgan fingerprint density at radius 2 is 1.38 bits per heavy atom. The summed E-state index contributed by atoms with van der Waals surface area (Å²) in [6.07, 6.45) is 7.22. The Hall–Kier alpha value is -4.99. The molecule has 1 N–H and O–H groups in total. The van der Waals surface area contributed by atoms with E-state index in [1.165, 1.54) is 27.8 Å². The number of pyridine rings is 1. The summed E-state index contributed by atoms with van der Waals surface area (Å²) < 4.78 is 5.15. The fourth-order valence-corrected chi connectivity index (χ4v) is 9.54. The van der Waals surface area contributed by atoms with Gasteiger partial charge >= 0.3 is 6.09 Å². The number of hydrogen-bond donors (Lipinski definition) is 1. The smallest absolute Gasteiger partial charge is 0.409 e. The molecule has 10 heteroatoms. The van der Waals surface area contributed by atoms with Gasteiger partial charge in [-0.3, -0.25) is 9.78 Å². The Labute approximate surface area is 370 Å². The van der Waals surface area contributed by atoms with E-state index >= 15 is 0 Å². The number of carbonyl (C=O) groups excluding carboxylic acids is 2. The standard InChI is InChI=1S/C29H33ClN2O2.C22H23ClN2O2/c1-31(2)27(33)29(24-9-5-3-6-10-24,25-11-7-4-8-12-25)19-22-32-20-17-28(34,18-21-32)23-13-15-26(30)16-14-23;1-2-27-22(26)25-12-9-15(10-13-25)20-19-8-7-18(23)14-17(19)6-5-16-4-3-11-24-21(16)20/h3-16,34H,17-22H2,1-2H3;3-4,7-8,11,14H,2,5-6,9-10,12-13H2,1H3. The number of hydrogen-bond acceptors (Lipinski definition) is 6. The molecule has 318 valence electrons. The molecule has 5 aromatic rings. The molecule has 3 aliphatic rings. The van der Waals surface area contributed by atoms with Crippen LogP contribution < -0.4 is 0 Å². The van der Waals surface area contributed by atoms with E-state index in [1.807, 2.05) is 100 Å². The van der Waals surface area contributed by atoms with Gasteiger partial charge in [-0.05, 0) is 122 Å². The van der Waals surface area contributed by atoms with Crippen molar-refractivity contribution in [2.24, 2.45) is 0 Å². The van der Waals surface area contributed by atoms with Gasteiger partial charge in [0.25, 0.3) is 0 Å². The lowest BCUT2D eigenvalue weighted by Gasteiger charge is -2.41. The van der Waals surface area contributed by atoms with Gasteiger partial charge in [0.05, 0.1) is 17.9 Å². The summed E-state index contributed by atoms with van der Waals surface area (Å²) in [7, 11) is 3.66. The molecule has 2 fully saturated rings. The van der Waals surface area contributed by atoms with Crippen LogP contribution >= 0.6 is 23.2 Å². The Balaban J connectivity index is 0.000000189. The molecule has 0 spiro atoms. The summed E-state index contributed by atoms with van der Waals surface area (Å²) in [6.45, 7) is 5.93. The van der Waals surface area contributed by atoms with E-state index in [-0.39, 0.29) is 12.0 Å². The molecule has 2 saturated heterocycles. The number of aryl methyl sites for hydroxylation is 2. The first-order valence-corrected chi connectivity index (χ1v) is 22.2. The normalized spacial score (nSPS) is 16.3. The highest BCUT2D eigenvalue weighted by Crippen LogP contribution is 2.41. The molecule has 0 radical (unpaired) electrons. The third kappa shape index (κ3) is 9.89. The van der Waals surface area contributed by atoms with Crippen LogP contribution in [0.2, 0.25) is 10.0 Å². The van der Waals surface area contributed by atoms with Crippen molar-refractivity contribution in [1.82, 2.24) is 19.7 Å². The van der Waals surface area contributed by atoms with Crippen LogP contribution in [0.3, 0.4) is 0 Å². The van der Waals surface area contributed by atoms with Crippen molar-refractivity contribution in [3.8, 4) is 0 Å². The van der Waals surface area contributed by atoms with Crippen molar-refractivity contribution in [3.63, 3.8) is 0 Å². The summed E-state index contributed by atoms with van der Waals surface area (Å²) in [6, 6.07) is 38.1. The summed E-state index contributed by atoms with van der Waals surface area (Å²) >= 11 is 12.3. The average molecular weight is 860 g/mol. The number of amides is 2. The molecule has 3 heterocycles. The Morgan fingerprint density at radius 1 is 0.770 bits per heavy atom. The highest BCUT2D eigenvalue weighted by molar-refractivity contribution is 6.31. The maximum Gasteiger partial charge on any atom is 0.409 e. The van der Waals surface area contributed by atoms with Gasteiger partial charge < -0.3 is 24.5 Å². The first-order valence-electron chi connectivity index (χ1n) is 21.4. The molecular formula is C51H56Cl2N4O4. The summed E-state index contributed by atoms with van der Waals surface area (Å²) in [5, 5.41) is 12.7. The van der Waals surface area contributed by atoms with Gasteiger partial charge in [-0.2, -0.15) is 0 Å². The summed E-state index contributed by atoms with van der Waals surface area (Å²) in [5.41, 5.74) is 8.79. The molecule has 8 rings (SSSR count). The van der Waals surface area contributed by atoms with Crippen LogP contribution in [0, 0.1) is 0 Å². The third-order valence-electron chi connectivity index (χ3n) is 12.5. The van der Waals surface area contributed by atoms with Crippen LogP contribution in [0.4, 0.5) is 4.79 Å². The number of nitrogens with zero attached hydrogens (tertiary/aromatic N) is 4. The van der Waals surface area contributed by atoms with Crippen LogP contribution in [0.25, 0.3) is 5.57 Å². The monoisotopic (exact) mass is 858 g/mol. The molecule has 4 aromatic carbocycles. The lowest BCUT2D eigenvalue weighted by atomic mass is 9.70. The lowest BCUT2D eigenvalue weighted by Crippen LogP contribution is -2.48. The van der Waals surface area contributed by atoms with E-state index in [4.69, 9.17) is 32.9 Å². The molecule has 0 atom stereocenters. The minimum absolute atomic E-state index is 0.0829. The molecule has 2 amide bonds. The first kappa shape index (κ1) is 44.1. The van der Waals surface area contributed by atoms with Crippen molar-refractivity contribution in [1.29, 1.82) is 0 Å². The number of likely N-dealkylation sites (N-methyl/N-ethyl adjacent to an activating group) is 1. The zero-order valence-electron chi connectivity index (χ0n) is 35.5. The fourth-order valence-electron chi connectivity index (χ4n) is 9.21. The predicted octanol–water partition coefficient (Wildman–Crippen LogP) is 9.98. The molecular weight excluding hydrogens is 803 g/mol. The molecule has 0 unspecified atom stereocenters. The number of carbonyl (C=O) groups is 2. The Kier molecular flexibility index (Phi) is 14.3. The number of benzene rings is 4. The number of fused-ring (bicyclic) bond motifs is 2. The number of piperidine rings is 2. The van der Waals surface area contributed by atoms with E-state index in [1.54, 1.807) is 9.80 Å². The maximum atomic E-state index is 13.8. The highest BCUT2D eigenvalue weighted by Gasteiger charge is 2.44. The van der Waals surface area contributed by atoms with Gasteiger partial charge in [0.15, 0.2) is 0 Å². The van der Waals surface area contributed by atoms with Gasteiger partial charge in [0.2, 0.25) is 5.91 Å². The van der Waals surface area contributed by atoms with Gasteiger partial charge in [-0.25, -0.2) is 4.79 Å². The average Bonchev–Trinajstić information content (AvgIpc) is 3.45. The van der Waals surface area contributed by atoms with E-state index in [2.05, 4.69) is 47.4 Å². The van der Waals surface area contributed by atoms with Crippen molar-refractivity contribution in [2.45, 2.75) is 62.9 Å². The van der Waals surface area contributed by atoms with Crippen LogP contribution in [0.15, 0.2) is 127 Å². The maximum absolute atomic E-state index is 13.8. The van der Waals surface area contributed by atoms with Gasteiger partial charge in [-0.1, -0.05) is 114 Å². The van der Waals surface area contributed by atoms with E-state index in [9.17, 15) is 14.7 Å². The Morgan fingerprint density at radius 3 is 1.98 bits per heavy atom. The van der Waals surface area contributed by atoms with E-state index in [0.717, 1.165) is 72.7 Å². The van der Waals surface area contributed by atoms with Gasteiger partial charge in [-0.15, -0.1) is 0 Å². The summed E-state index contributed by atoms with van der Waals surface area (Å²) in [4.78, 5) is 36.5. The quantitative estimate of drug-likeness (QED) is 0.167. The molecule has 0 bridgehead atoms. The van der Waals surface area contributed by atoms with Crippen molar-refractivity contribution >= 4 is 40.8 Å². The van der Waals surface area contributed by atoms with Crippen LogP contribution in [-0.2, 0) is 33.4 Å². The Bertz CT molecular complexity index is 2260. The van der Waals surface area contributed by atoms with Crippen molar-refractivity contribution in [3.05, 3.63) is 176 Å². The predicted molar refractivity (Wildman–Crippen MR) is 245 cm³/mol. The minimum Gasteiger partial charge on any atom is -0.450 e. The molecule has 61 heavy (non-hydrogen) atoms. The zero-order chi connectivity index (χ0) is 43.0. The van der Waals surface area contributed by atoms with Crippen molar-refractivity contribution in [2.75, 3.05) is 53.4 Å². The first-order chi connectivity index (χ1) is 29.5. The second kappa shape index (κ2) is 19.8. The minimum atomic E-state index is -0.837. The number of likely N-dealkylation sites (tertiary alicyclic amines) is 2. The van der Waals surface area contributed by atoms with Crippen LogP contribution in [0.1, 0.15) is 78.1 Å². The second-order valence-corrected chi connectivity index (χ2v) is 17.3. The van der Waals surface area contributed by atoms with E-state index < -0.39 is 11.0 Å². The van der Waals surface area contributed by atoms with Crippen molar-refractivity contribution < 1.29 is 19.4 Å². The molecule has 1 aromatic heterocycles. The lowest BCUT2D eigenvalue weighted by molar-refractivity contribution is -0.133. The second-order valence-electron chi connectivity index (χ2n) is 16.4. The largest absolute Gasteiger partial charge is 0.450 e.